The Kier molecular flexibility index (Phi) is 4.39. The molecule has 1 unspecified atom stereocenters. The lowest BCUT2D eigenvalue weighted by molar-refractivity contribution is 0.0951. The first-order chi connectivity index (χ1) is 10.3. The molecule has 0 aliphatic carbocycles. The molecule has 3 rings (SSSR count). The van der Waals surface area contributed by atoms with E-state index in [2.05, 4.69) is 20.1 Å². The van der Waals surface area contributed by atoms with Gasteiger partial charge >= 0.3 is 0 Å². The Morgan fingerprint density at radius 3 is 2.95 bits per heavy atom. The number of anilines is 1. The molecule has 0 spiro atoms. The number of pyridine rings is 1. The highest BCUT2D eigenvalue weighted by atomic mass is 16.1. The highest BCUT2D eigenvalue weighted by molar-refractivity contribution is 5.93. The van der Waals surface area contributed by atoms with E-state index in [-0.39, 0.29) is 5.91 Å². The minimum atomic E-state index is -0.0883. The smallest absolute Gasteiger partial charge is 0.269 e. The van der Waals surface area contributed by atoms with Crippen LogP contribution in [0.25, 0.3) is 0 Å². The summed E-state index contributed by atoms with van der Waals surface area (Å²) in [5.74, 6) is -0.0883. The normalized spacial score (nSPS) is 22.7. The summed E-state index contributed by atoms with van der Waals surface area (Å²) in [7, 11) is 0. The van der Waals surface area contributed by atoms with Gasteiger partial charge in [-0.3, -0.25) is 14.7 Å². The minimum absolute atomic E-state index is 0.0883. The fourth-order valence-electron chi connectivity index (χ4n) is 3.37. The molecule has 2 aliphatic heterocycles. The van der Waals surface area contributed by atoms with Gasteiger partial charge in [0.05, 0.1) is 0 Å². The topological polar surface area (TPSA) is 48.5 Å². The van der Waals surface area contributed by atoms with Gasteiger partial charge in [-0.15, -0.1) is 0 Å². The third-order valence-corrected chi connectivity index (χ3v) is 4.50. The molecule has 1 amide bonds. The molecule has 0 aromatic carbocycles. The van der Waals surface area contributed by atoms with Crippen molar-refractivity contribution in [1.82, 2.24) is 15.2 Å². The predicted octanol–water partition coefficient (Wildman–Crippen LogP) is 1.51. The number of likely N-dealkylation sites (tertiary alicyclic amines) is 1. The molecule has 114 valence electrons. The zero-order valence-electron chi connectivity index (χ0n) is 12.7. The van der Waals surface area contributed by atoms with Crippen molar-refractivity contribution in [1.29, 1.82) is 0 Å². The molecule has 1 N–H and O–H groups in total. The number of hydrogen-bond acceptors (Lipinski definition) is 4. The molecule has 3 heterocycles. The average Bonchev–Trinajstić information content (AvgIpc) is 3.18. The Balaban J connectivity index is 1.67. The number of nitrogens with one attached hydrogen (secondary N) is 1. The van der Waals surface area contributed by atoms with Gasteiger partial charge in [0.1, 0.15) is 5.69 Å². The van der Waals surface area contributed by atoms with Crippen LogP contribution in [-0.2, 0) is 0 Å². The highest BCUT2D eigenvalue weighted by Gasteiger charge is 2.29. The summed E-state index contributed by atoms with van der Waals surface area (Å²) in [6.07, 6.45) is 5.64. The van der Waals surface area contributed by atoms with E-state index in [1.165, 1.54) is 32.4 Å². The lowest BCUT2D eigenvalue weighted by Gasteiger charge is -2.24. The van der Waals surface area contributed by atoms with Crippen LogP contribution in [-0.4, -0.2) is 54.6 Å². The van der Waals surface area contributed by atoms with Crippen molar-refractivity contribution in [3.8, 4) is 0 Å². The van der Waals surface area contributed by atoms with E-state index in [1.807, 2.05) is 19.1 Å². The molecule has 0 radical (unpaired) electrons. The third-order valence-electron chi connectivity index (χ3n) is 4.50. The van der Waals surface area contributed by atoms with Crippen LogP contribution >= 0.6 is 0 Å². The predicted molar refractivity (Wildman–Crippen MR) is 83.7 cm³/mol. The van der Waals surface area contributed by atoms with Crippen LogP contribution in [0.5, 0.6) is 0 Å². The van der Waals surface area contributed by atoms with Crippen LogP contribution in [0.15, 0.2) is 18.3 Å². The van der Waals surface area contributed by atoms with E-state index >= 15 is 0 Å². The molecule has 5 nitrogen and oxygen atoms in total. The maximum atomic E-state index is 11.9. The minimum Gasteiger partial charge on any atom is -0.370 e. The lowest BCUT2D eigenvalue weighted by Crippen LogP contribution is -2.35. The summed E-state index contributed by atoms with van der Waals surface area (Å²) in [5.41, 5.74) is 1.63. The van der Waals surface area contributed by atoms with Crippen LogP contribution in [0.4, 0.5) is 5.69 Å². The van der Waals surface area contributed by atoms with Crippen LogP contribution in [0.3, 0.4) is 0 Å². The van der Waals surface area contributed by atoms with E-state index in [9.17, 15) is 4.79 Å². The summed E-state index contributed by atoms with van der Waals surface area (Å²) in [6, 6.07) is 4.60. The number of nitrogens with zero attached hydrogens (tertiary/aromatic N) is 3. The Morgan fingerprint density at radius 1 is 1.38 bits per heavy atom. The second-order valence-electron chi connectivity index (χ2n) is 5.89. The van der Waals surface area contributed by atoms with Crippen LogP contribution in [0.2, 0.25) is 0 Å². The quantitative estimate of drug-likeness (QED) is 0.912. The zero-order valence-corrected chi connectivity index (χ0v) is 12.7. The second-order valence-corrected chi connectivity index (χ2v) is 5.89. The zero-order chi connectivity index (χ0) is 14.7. The molecule has 1 aromatic rings. The fraction of sp³-hybridized carbons (Fsp3) is 0.625. The van der Waals surface area contributed by atoms with Crippen molar-refractivity contribution in [3.63, 3.8) is 0 Å². The van der Waals surface area contributed by atoms with Crippen LogP contribution < -0.4 is 10.2 Å². The lowest BCUT2D eigenvalue weighted by atomic mass is 10.2. The van der Waals surface area contributed by atoms with Gasteiger partial charge in [-0.2, -0.15) is 0 Å². The van der Waals surface area contributed by atoms with E-state index in [4.69, 9.17) is 0 Å². The van der Waals surface area contributed by atoms with Crippen molar-refractivity contribution >= 4 is 11.6 Å². The van der Waals surface area contributed by atoms with E-state index < -0.39 is 0 Å². The Hall–Kier alpha value is -1.62. The Labute approximate surface area is 126 Å². The van der Waals surface area contributed by atoms with Gasteiger partial charge in [0.15, 0.2) is 0 Å². The highest BCUT2D eigenvalue weighted by Crippen LogP contribution is 2.25. The van der Waals surface area contributed by atoms with Crippen molar-refractivity contribution < 1.29 is 4.79 Å². The number of carbonyl (C=O) groups excluding carboxylic acids is 1. The molecule has 1 aromatic heterocycles. The van der Waals surface area contributed by atoms with E-state index in [0.717, 1.165) is 18.8 Å². The summed E-state index contributed by atoms with van der Waals surface area (Å²) in [6.45, 7) is 7.19. The average molecular weight is 288 g/mol. The monoisotopic (exact) mass is 288 g/mol. The van der Waals surface area contributed by atoms with Gasteiger partial charge in [-0.05, 0) is 51.4 Å². The van der Waals surface area contributed by atoms with Crippen molar-refractivity contribution in [2.45, 2.75) is 32.2 Å². The summed E-state index contributed by atoms with van der Waals surface area (Å²) >= 11 is 0. The van der Waals surface area contributed by atoms with Crippen LogP contribution in [0, 0.1) is 0 Å². The first-order valence-electron chi connectivity index (χ1n) is 8.01. The Morgan fingerprint density at radius 2 is 2.19 bits per heavy atom. The maximum absolute atomic E-state index is 11.9. The van der Waals surface area contributed by atoms with Crippen molar-refractivity contribution in [2.75, 3.05) is 37.6 Å². The SMILES string of the molecule is CCNC(=O)c1cc(N2CCC(N3CCCC3)C2)ccn1. The summed E-state index contributed by atoms with van der Waals surface area (Å²) < 4.78 is 0. The molecule has 5 heteroatoms. The largest absolute Gasteiger partial charge is 0.370 e. The number of aromatic nitrogens is 1. The van der Waals surface area contributed by atoms with Crippen molar-refractivity contribution in [3.05, 3.63) is 24.0 Å². The summed E-state index contributed by atoms with van der Waals surface area (Å²) in [4.78, 5) is 21.1. The molecule has 2 aliphatic rings. The fourth-order valence-corrected chi connectivity index (χ4v) is 3.37. The summed E-state index contributed by atoms with van der Waals surface area (Å²) in [5, 5.41) is 2.80. The first-order valence-corrected chi connectivity index (χ1v) is 8.01. The molecule has 2 fully saturated rings. The number of carbonyl (C=O) groups is 1. The van der Waals surface area contributed by atoms with E-state index in [0.29, 0.717) is 18.3 Å². The van der Waals surface area contributed by atoms with Gasteiger partial charge in [0, 0.05) is 37.6 Å². The molecular weight excluding hydrogens is 264 g/mol. The maximum Gasteiger partial charge on any atom is 0.269 e. The first kappa shape index (κ1) is 14.3. The standard InChI is InChI=1S/C16H24N4O/c1-2-17-16(21)15-11-13(5-7-18-15)20-10-6-14(12-20)19-8-3-4-9-19/h5,7,11,14H,2-4,6,8-10,12H2,1H3,(H,17,21). The molecule has 21 heavy (non-hydrogen) atoms. The molecule has 0 saturated carbocycles. The molecule has 1 atom stereocenters. The van der Waals surface area contributed by atoms with Gasteiger partial charge in [0.2, 0.25) is 0 Å². The third kappa shape index (κ3) is 3.18. The Bertz CT molecular complexity index is 499. The van der Waals surface area contributed by atoms with Crippen LogP contribution in [0.1, 0.15) is 36.7 Å². The number of rotatable bonds is 4. The molecular formula is C16H24N4O. The molecule has 0 bridgehead atoms. The number of hydrogen-bond donors (Lipinski definition) is 1. The van der Waals surface area contributed by atoms with Gasteiger partial charge in [-0.25, -0.2) is 0 Å². The van der Waals surface area contributed by atoms with E-state index in [1.54, 1.807) is 6.20 Å². The van der Waals surface area contributed by atoms with Gasteiger partial charge < -0.3 is 10.2 Å². The van der Waals surface area contributed by atoms with Gasteiger partial charge in [-0.1, -0.05) is 0 Å². The van der Waals surface area contributed by atoms with Gasteiger partial charge in [0.25, 0.3) is 5.91 Å². The molecule has 2 saturated heterocycles. The number of amides is 1. The second kappa shape index (κ2) is 6.43. The van der Waals surface area contributed by atoms with Crippen molar-refractivity contribution in [2.24, 2.45) is 0 Å².